The van der Waals surface area contributed by atoms with Gasteiger partial charge < -0.3 is 5.84 Å². The Morgan fingerprint density at radius 1 is 0.964 bits per heavy atom. The third-order valence-electron chi connectivity index (χ3n) is 4.30. The fourth-order valence-corrected chi connectivity index (χ4v) is 3.48. The number of halogens is 3. The number of hydrogen-bond acceptors (Lipinski definition) is 4. The highest BCUT2D eigenvalue weighted by Gasteiger charge is 2.30. The molecule has 0 saturated heterocycles. The molecule has 1 aromatic heterocycles. The summed E-state index contributed by atoms with van der Waals surface area (Å²) < 4.78 is 39.9. The molecule has 2 N–H and O–H groups in total. The topological polar surface area (TPSA) is 56.7 Å². The fraction of sp³-hybridized carbons (Fsp3) is 0.300. The van der Waals surface area contributed by atoms with Gasteiger partial charge in [-0.05, 0) is 22.6 Å². The first-order valence-electron chi connectivity index (χ1n) is 8.66. The van der Waals surface area contributed by atoms with Gasteiger partial charge in [-0.1, -0.05) is 75.0 Å². The van der Waals surface area contributed by atoms with Gasteiger partial charge in [0.25, 0.3) is 0 Å². The van der Waals surface area contributed by atoms with Crippen molar-refractivity contribution in [3.63, 3.8) is 0 Å². The molecule has 0 bridgehead atoms. The minimum atomic E-state index is -4.36. The average molecular weight is 406 g/mol. The molecule has 3 rings (SSSR count). The van der Waals surface area contributed by atoms with Gasteiger partial charge in [-0.3, -0.25) is 0 Å². The number of rotatable bonds is 4. The minimum Gasteiger partial charge on any atom is -0.335 e. The Morgan fingerprint density at radius 2 is 1.64 bits per heavy atom. The van der Waals surface area contributed by atoms with Crippen molar-refractivity contribution >= 4 is 11.8 Å². The van der Waals surface area contributed by atoms with Gasteiger partial charge in [-0.25, -0.2) is 4.68 Å². The van der Waals surface area contributed by atoms with E-state index in [0.717, 1.165) is 17.7 Å². The number of aromatic nitrogens is 3. The van der Waals surface area contributed by atoms with Crippen molar-refractivity contribution < 1.29 is 13.2 Å². The van der Waals surface area contributed by atoms with E-state index in [0.29, 0.717) is 22.3 Å². The van der Waals surface area contributed by atoms with Crippen molar-refractivity contribution in [3.8, 4) is 11.4 Å². The molecule has 28 heavy (non-hydrogen) atoms. The predicted molar refractivity (Wildman–Crippen MR) is 105 cm³/mol. The van der Waals surface area contributed by atoms with Crippen molar-refractivity contribution in [1.29, 1.82) is 0 Å². The van der Waals surface area contributed by atoms with E-state index in [9.17, 15) is 13.2 Å². The molecule has 0 aliphatic carbocycles. The number of alkyl halides is 3. The van der Waals surface area contributed by atoms with Crippen LogP contribution in [0.25, 0.3) is 11.4 Å². The highest BCUT2D eigenvalue weighted by Crippen LogP contribution is 2.31. The molecule has 0 amide bonds. The van der Waals surface area contributed by atoms with Crippen LogP contribution in [0.1, 0.15) is 37.5 Å². The Labute approximate surface area is 165 Å². The largest absolute Gasteiger partial charge is 0.416 e. The van der Waals surface area contributed by atoms with E-state index < -0.39 is 11.7 Å². The average Bonchev–Trinajstić information content (AvgIpc) is 2.99. The Balaban J connectivity index is 1.75. The summed E-state index contributed by atoms with van der Waals surface area (Å²) in [5.74, 6) is 6.93. The Hall–Kier alpha value is -2.48. The molecule has 0 fully saturated rings. The van der Waals surface area contributed by atoms with Gasteiger partial charge in [-0.2, -0.15) is 13.2 Å². The van der Waals surface area contributed by atoms with Crippen molar-refractivity contribution in [2.24, 2.45) is 0 Å². The van der Waals surface area contributed by atoms with Crippen LogP contribution in [0.5, 0.6) is 0 Å². The molecular weight excluding hydrogens is 385 g/mol. The molecule has 0 aliphatic rings. The van der Waals surface area contributed by atoms with Crippen LogP contribution in [0.3, 0.4) is 0 Å². The summed E-state index contributed by atoms with van der Waals surface area (Å²) in [4.78, 5) is 0. The van der Waals surface area contributed by atoms with Gasteiger partial charge in [0, 0.05) is 11.3 Å². The van der Waals surface area contributed by atoms with Crippen LogP contribution >= 0.6 is 11.8 Å². The molecule has 4 nitrogen and oxygen atoms in total. The van der Waals surface area contributed by atoms with Gasteiger partial charge in [0.05, 0.1) is 5.56 Å². The Kier molecular flexibility index (Phi) is 5.43. The maximum Gasteiger partial charge on any atom is 0.416 e. The van der Waals surface area contributed by atoms with E-state index in [1.807, 2.05) is 24.3 Å². The zero-order chi connectivity index (χ0) is 20.5. The second-order valence-corrected chi connectivity index (χ2v) is 8.43. The van der Waals surface area contributed by atoms with Gasteiger partial charge in [0.15, 0.2) is 5.82 Å². The summed E-state index contributed by atoms with van der Waals surface area (Å²) >= 11 is 1.24. The Bertz CT molecular complexity index is 957. The molecule has 148 valence electrons. The summed E-state index contributed by atoms with van der Waals surface area (Å²) in [6, 6.07) is 13.2. The lowest BCUT2D eigenvalue weighted by Crippen LogP contribution is -2.12. The molecule has 3 aromatic rings. The number of benzene rings is 2. The minimum absolute atomic E-state index is 0.0425. The van der Waals surface area contributed by atoms with E-state index in [2.05, 4.69) is 31.0 Å². The van der Waals surface area contributed by atoms with E-state index in [1.54, 1.807) is 6.07 Å². The predicted octanol–water partition coefficient (Wildman–Crippen LogP) is 5.27. The highest BCUT2D eigenvalue weighted by atomic mass is 32.2. The summed E-state index contributed by atoms with van der Waals surface area (Å²) in [6.07, 6.45) is -4.36. The Morgan fingerprint density at radius 3 is 2.25 bits per heavy atom. The van der Waals surface area contributed by atoms with Crippen LogP contribution in [-0.2, 0) is 17.3 Å². The maximum absolute atomic E-state index is 12.8. The third-order valence-corrected chi connectivity index (χ3v) is 5.31. The lowest BCUT2D eigenvalue weighted by molar-refractivity contribution is -0.137. The van der Waals surface area contributed by atoms with E-state index in [1.165, 1.54) is 28.1 Å². The third kappa shape index (κ3) is 4.49. The van der Waals surface area contributed by atoms with Gasteiger partial charge in [0.1, 0.15) is 0 Å². The second-order valence-electron chi connectivity index (χ2n) is 7.49. The first-order chi connectivity index (χ1) is 13.1. The summed E-state index contributed by atoms with van der Waals surface area (Å²) in [5.41, 5.74) is 1.94. The zero-order valence-electron chi connectivity index (χ0n) is 15.8. The molecule has 0 saturated carbocycles. The number of nitrogens with zero attached hydrogens (tertiary/aromatic N) is 3. The molecule has 2 aromatic carbocycles. The van der Waals surface area contributed by atoms with Crippen LogP contribution in [0, 0.1) is 0 Å². The number of nitrogens with two attached hydrogens (primary N) is 1. The van der Waals surface area contributed by atoms with Gasteiger partial charge >= 0.3 is 6.18 Å². The number of nitrogen functional groups attached to an aromatic ring is 1. The SMILES string of the molecule is CC(C)(C)c1ccc(-c2nnc(SCc3cccc(C(F)(F)F)c3)n2N)cc1. The van der Waals surface area contributed by atoms with E-state index >= 15 is 0 Å². The normalized spacial score (nSPS) is 12.4. The van der Waals surface area contributed by atoms with Crippen molar-refractivity contribution in [1.82, 2.24) is 14.9 Å². The zero-order valence-corrected chi connectivity index (χ0v) is 16.6. The molecule has 8 heteroatoms. The first kappa shape index (κ1) is 20.3. The van der Waals surface area contributed by atoms with Crippen molar-refractivity contribution in [3.05, 3.63) is 65.2 Å². The van der Waals surface area contributed by atoms with Gasteiger partial charge in [-0.15, -0.1) is 10.2 Å². The lowest BCUT2D eigenvalue weighted by atomic mass is 9.87. The summed E-state index contributed by atoms with van der Waals surface area (Å²) in [6.45, 7) is 6.40. The summed E-state index contributed by atoms with van der Waals surface area (Å²) in [7, 11) is 0. The number of hydrogen-bond donors (Lipinski definition) is 1. The second kappa shape index (κ2) is 7.50. The number of thioether (sulfide) groups is 1. The fourth-order valence-electron chi connectivity index (χ4n) is 2.68. The maximum atomic E-state index is 12.8. The van der Waals surface area contributed by atoms with Crippen molar-refractivity contribution in [2.75, 3.05) is 5.84 Å². The molecule has 0 spiro atoms. The standard InChI is InChI=1S/C20H21F3N4S/c1-19(2,3)15-9-7-14(8-10-15)17-25-26-18(27(17)24)28-12-13-5-4-6-16(11-13)20(21,22)23/h4-11H,12,24H2,1-3H3. The van der Waals surface area contributed by atoms with Crippen LogP contribution in [0.4, 0.5) is 13.2 Å². The van der Waals surface area contributed by atoms with Crippen molar-refractivity contribution in [2.45, 2.75) is 43.3 Å². The van der Waals surface area contributed by atoms with Gasteiger partial charge in [0.2, 0.25) is 5.16 Å². The lowest BCUT2D eigenvalue weighted by Gasteiger charge is -2.19. The molecule has 1 heterocycles. The molecule has 0 radical (unpaired) electrons. The molecule has 0 unspecified atom stereocenters. The van der Waals surface area contributed by atoms with E-state index in [4.69, 9.17) is 5.84 Å². The van der Waals surface area contributed by atoms with Crippen LogP contribution < -0.4 is 5.84 Å². The smallest absolute Gasteiger partial charge is 0.335 e. The van der Waals surface area contributed by atoms with Crippen LogP contribution in [0.15, 0.2) is 53.7 Å². The summed E-state index contributed by atoms with van der Waals surface area (Å²) in [5, 5.41) is 8.65. The van der Waals surface area contributed by atoms with Crippen LogP contribution in [-0.4, -0.2) is 14.9 Å². The van der Waals surface area contributed by atoms with Crippen LogP contribution in [0.2, 0.25) is 0 Å². The molecular formula is C20H21F3N4S. The highest BCUT2D eigenvalue weighted by molar-refractivity contribution is 7.98. The van der Waals surface area contributed by atoms with E-state index in [-0.39, 0.29) is 5.41 Å². The monoisotopic (exact) mass is 406 g/mol. The quantitative estimate of drug-likeness (QED) is 0.474. The first-order valence-corrected chi connectivity index (χ1v) is 9.64. The molecule has 0 atom stereocenters. The molecule has 0 aliphatic heterocycles.